The van der Waals surface area contributed by atoms with Crippen molar-refractivity contribution < 1.29 is 4.74 Å². The fraction of sp³-hybridized carbons (Fsp3) is 0.0328. The summed E-state index contributed by atoms with van der Waals surface area (Å²) in [4.78, 5) is 2.39. The number of para-hydroxylation sites is 7. The van der Waals surface area contributed by atoms with E-state index in [9.17, 15) is 5.26 Å². The van der Waals surface area contributed by atoms with Gasteiger partial charge in [0.15, 0.2) is 11.5 Å². The molecule has 11 aromatic rings. The van der Waals surface area contributed by atoms with Gasteiger partial charge in [-0.25, -0.2) is 0 Å². The monoisotopic (exact) mass is 844 g/mol. The zero-order valence-corrected chi connectivity index (χ0v) is 35.9. The molecular formula is C61H40N4O. The van der Waals surface area contributed by atoms with Gasteiger partial charge in [-0.1, -0.05) is 170 Å². The molecule has 0 saturated heterocycles. The number of benzene rings is 9. The zero-order valence-electron chi connectivity index (χ0n) is 35.9. The third-order valence-corrected chi connectivity index (χ3v) is 13.4. The van der Waals surface area contributed by atoms with Gasteiger partial charge in [0.05, 0.1) is 50.4 Å². The molecule has 0 spiro atoms. The first-order valence-electron chi connectivity index (χ1n) is 22.6. The summed E-state index contributed by atoms with van der Waals surface area (Å²) in [5.41, 5.74) is 15.3. The Kier molecular flexibility index (Phi) is 8.65. The van der Waals surface area contributed by atoms with Crippen molar-refractivity contribution in [1.29, 1.82) is 5.26 Å². The van der Waals surface area contributed by atoms with Crippen LogP contribution in [0, 0.1) is 11.3 Å². The van der Waals surface area contributed by atoms with Gasteiger partial charge in [0, 0.05) is 49.5 Å². The molecule has 9 aromatic carbocycles. The molecule has 1 aliphatic heterocycles. The second-order valence-electron chi connectivity index (χ2n) is 17.0. The maximum Gasteiger partial charge on any atom is 0.154 e. The van der Waals surface area contributed by atoms with Gasteiger partial charge in [0.2, 0.25) is 0 Å². The summed E-state index contributed by atoms with van der Waals surface area (Å²) in [5, 5.41) is 16.6. The predicted octanol–water partition coefficient (Wildman–Crippen LogP) is 15.7. The average molecular weight is 845 g/mol. The van der Waals surface area contributed by atoms with Crippen molar-refractivity contribution in [2.75, 3.05) is 4.90 Å². The number of ether oxygens (including phenoxy) is 1. The van der Waals surface area contributed by atoms with E-state index in [1.54, 1.807) is 0 Å². The molecule has 2 aliphatic rings. The van der Waals surface area contributed by atoms with Crippen LogP contribution in [-0.2, 0) is 0 Å². The highest BCUT2D eigenvalue weighted by atomic mass is 16.5. The van der Waals surface area contributed by atoms with Crippen LogP contribution in [0.3, 0.4) is 0 Å². The third kappa shape index (κ3) is 5.59. The topological polar surface area (TPSA) is 46.1 Å². The number of hydrogen-bond donors (Lipinski definition) is 0. The molecule has 66 heavy (non-hydrogen) atoms. The summed E-state index contributed by atoms with van der Waals surface area (Å²) >= 11 is 0. The standard InChI is InChI=1S/C61H40N4O/c62-39-48-56(40-21-4-1-5-22-40)59(64-49-32-14-10-27-43(49)44-28-11-15-33-50(44)64)58(47-31-20-37-54-61(47)66-55-38-19-18-36-53(55)63(54)42-25-8-3-9-26-42)60(57(48)41-23-6-2-7-24-41)65-51-34-16-12-29-45(51)46-30-13-17-35-52(46)65/h1-19,21-36,38H,20,37H2. The van der Waals surface area contributed by atoms with E-state index in [0.717, 1.165) is 130 Å². The van der Waals surface area contributed by atoms with Crippen LogP contribution in [0.25, 0.3) is 82.8 Å². The van der Waals surface area contributed by atoms with Crippen molar-refractivity contribution in [3.05, 3.63) is 241 Å². The minimum atomic E-state index is 0.594. The van der Waals surface area contributed by atoms with Crippen LogP contribution < -0.4 is 9.64 Å². The number of hydrogen-bond acceptors (Lipinski definition) is 3. The Balaban J connectivity index is 1.31. The first-order valence-corrected chi connectivity index (χ1v) is 22.6. The van der Waals surface area contributed by atoms with Crippen LogP contribution in [-0.4, -0.2) is 9.13 Å². The van der Waals surface area contributed by atoms with Crippen LogP contribution in [0.2, 0.25) is 0 Å². The Morgan fingerprint density at radius 3 is 1.35 bits per heavy atom. The molecule has 0 N–H and O–H groups in total. The minimum absolute atomic E-state index is 0.594. The van der Waals surface area contributed by atoms with Crippen molar-refractivity contribution in [3.63, 3.8) is 0 Å². The molecule has 2 aromatic heterocycles. The summed E-state index contributed by atoms with van der Waals surface area (Å²) in [6.07, 6.45) is 3.92. The number of fused-ring (bicyclic) bond motifs is 7. The molecular weight excluding hydrogens is 805 g/mol. The lowest BCUT2D eigenvalue weighted by molar-refractivity contribution is 0.426. The Morgan fingerprint density at radius 1 is 0.439 bits per heavy atom. The van der Waals surface area contributed by atoms with Crippen molar-refractivity contribution >= 4 is 60.6 Å². The number of nitriles is 1. The Bertz CT molecular complexity index is 3570. The maximum atomic E-state index is 12.1. The highest BCUT2D eigenvalue weighted by molar-refractivity contribution is 6.15. The van der Waals surface area contributed by atoms with Crippen molar-refractivity contribution in [2.24, 2.45) is 0 Å². The molecule has 0 fully saturated rings. The molecule has 0 atom stereocenters. The minimum Gasteiger partial charge on any atom is -0.453 e. The lowest BCUT2D eigenvalue weighted by atomic mass is 9.81. The Labute approximate surface area is 382 Å². The van der Waals surface area contributed by atoms with Crippen molar-refractivity contribution in [3.8, 4) is 45.4 Å². The third-order valence-electron chi connectivity index (χ3n) is 13.4. The molecule has 310 valence electrons. The van der Waals surface area contributed by atoms with Gasteiger partial charge in [-0.15, -0.1) is 0 Å². The van der Waals surface area contributed by atoms with Gasteiger partial charge >= 0.3 is 0 Å². The lowest BCUT2D eigenvalue weighted by Crippen LogP contribution is -2.27. The van der Waals surface area contributed by atoms with Crippen molar-refractivity contribution in [2.45, 2.75) is 12.8 Å². The largest absolute Gasteiger partial charge is 0.453 e. The second kappa shape index (κ2) is 15.2. The lowest BCUT2D eigenvalue weighted by Gasteiger charge is -2.38. The van der Waals surface area contributed by atoms with Gasteiger partial charge in [0.1, 0.15) is 6.07 Å². The van der Waals surface area contributed by atoms with Gasteiger partial charge in [-0.2, -0.15) is 5.26 Å². The highest BCUT2D eigenvalue weighted by Gasteiger charge is 2.38. The molecule has 3 heterocycles. The van der Waals surface area contributed by atoms with E-state index in [1.807, 2.05) is 12.1 Å². The van der Waals surface area contributed by atoms with Gasteiger partial charge < -0.3 is 18.8 Å². The normalized spacial score (nSPS) is 13.4. The predicted molar refractivity (Wildman–Crippen MR) is 271 cm³/mol. The summed E-state index contributed by atoms with van der Waals surface area (Å²) < 4.78 is 12.2. The quantitative estimate of drug-likeness (QED) is 0.167. The molecule has 13 rings (SSSR count). The number of allylic oxidation sites excluding steroid dienone is 3. The summed E-state index contributed by atoms with van der Waals surface area (Å²) in [6, 6.07) is 77.6. The summed E-state index contributed by atoms with van der Waals surface area (Å²) in [6.45, 7) is 0. The van der Waals surface area contributed by atoms with Crippen LogP contribution >= 0.6 is 0 Å². The zero-order chi connectivity index (χ0) is 43.7. The van der Waals surface area contributed by atoms with E-state index >= 15 is 0 Å². The molecule has 5 heteroatoms. The Morgan fingerprint density at radius 2 is 0.864 bits per heavy atom. The van der Waals surface area contributed by atoms with E-state index in [0.29, 0.717) is 5.56 Å². The van der Waals surface area contributed by atoms with Crippen LogP contribution in [0.1, 0.15) is 24.0 Å². The van der Waals surface area contributed by atoms with Crippen LogP contribution in [0.4, 0.5) is 11.4 Å². The van der Waals surface area contributed by atoms with E-state index in [-0.39, 0.29) is 0 Å². The van der Waals surface area contributed by atoms with E-state index in [4.69, 9.17) is 4.74 Å². The second-order valence-corrected chi connectivity index (χ2v) is 17.0. The Hall–Kier alpha value is -8.85. The number of nitrogens with zero attached hydrogens (tertiary/aromatic N) is 4. The van der Waals surface area contributed by atoms with Gasteiger partial charge in [-0.3, -0.25) is 0 Å². The smallest absolute Gasteiger partial charge is 0.154 e. The number of rotatable bonds is 6. The SMILES string of the molecule is N#Cc1c(-c2ccccc2)c(-n2c3ccccc3c3ccccc32)c(C2=CCCC3=C2Oc2ccccc2N3c2ccccc2)c(-n2c3ccccc3c3ccccc32)c1-c1ccccc1. The van der Waals surface area contributed by atoms with Crippen LogP contribution in [0.15, 0.2) is 230 Å². The molecule has 0 amide bonds. The van der Waals surface area contributed by atoms with Gasteiger partial charge in [0.25, 0.3) is 0 Å². The van der Waals surface area contributed by atoms with E-state index in [1.165, 1.54) is 0 Å². The summed E-state index contributed by atoms with van der Waals surface area (Å²) in [5.74, 6) is 1.58. The van der Waals surface area contributed by atoms with E-state index in [2.05, 4.69) is 226 Å². The molecule has 0 radical (unpaired) electrons. The summed E-state index contributed by atoms with van der Waals surface area (Å²) in [7, 11) is 0. The first-order chi connectivity index (χ1) is 32.8. The number of anilines is 2. The molecule has 0 bridgehead atoms. The molecule has 0 unspecified atom stereocenters. The number of aromatic nitrogens is 2. The molecule has 1 aliphatic carbocycles. The molecule has 0 saturated carbocycles. The van der Waals surface area contributed by atoms with Crippen molar-refractivity contribution in [1.82, 2.24) is 9.13 Å². The molecule has 5 nitrogen and oxygen atoms in total. The average Bonchev–Trinajstić information content (AvgIpc) is 3.90. The highest BCUT2D eigenvalue weighted by Crippen LogP contribution is 2.55. The van der Waals surface area contributed by atoms with Gasteiger partial charge in [-0.05, 0) is 72.5 Å². The fourth-order valence-electron chi connectivity index (χ4n) is 10.7. The van der Waals surface area contributed by atoms with E-state index < -0.39 is 0 Å². The fourth-order valence-corrected chi connectivity index (χ4v) is 10.7. The first kappa shape index (κ1) is 37.7. The van der Waals surface area contributed by atoms with Crippen LogP contribution in [0.5, 0.6) is 5.75 Å². The maximum absolute atomic E-state index is 12.1.